The number of hydrogen-bond donors (Lipinski definition) is 1. The first-order valence-electron chi connectivity index (χ1n) is 5.19. The number of fused-ring (bicyclic) bond motifs is 1. The zero-order valence-electron chi connectivity index (χ0n) is 9.25. The normalized spacial score (nSPS) is 25.8. The molecule has 15 heavy (non-hydrogen) atoms. The molecule has 0 saturated heterocycles. The molecular formula is C12H17NO2. The van der Waals surface area contributed by atoms with Crippen molar-refractivity contribution in [1.29, 1.82) is 0 Å². The van der Waals surface area contributed by atoms with Crippen molar-refractivity contribution in [2.45, 2.75) is 32.8 Å². The van der Waals surface area contributed by atoms with Crippen LogP contribution in [0.4, 0.5) is 0 Å². The maximum absolute atomic E-state index is 5.67. The number of benzene rings is 1. The van der Waals surface area contributed by atoms with Gasteiger partial charge in [-0.2, -0.15) is 0 Å². The minimum absolute atomic E-state index is 0.375. The minimum Gasteiger partial charge on any atom is -0.344 e. The van der Waals surface area contributed by atoms with E-state index in [1.807, 2.05) is 6.92 Å². The Hall–Kier alpha value is -0.900. The Bertz CT molecular complexity index is 365. The van der Waals surface area contributed by atoms with Crippen molar-refractivity contribution >= 4 is 0 Å². The summed E-state index contributed by atoms with van der Waals surface area (Å²) in [6.45, 7) is 5.48. The Balaban J connectivity index is 2.25. The van der Waals surface area contributed by atoms with Crippen molar-refractivity contribution in [2.75, 3.05) is 6.54 Å². The summed E-state index contributed by atoms with van der Waals surface area (Å²) in [5, 5.41) is 0. The third-order valence-electron chi connectivity index (χ3n) is 2.80. The summed E-state index contributed by atoms with van der Waals surface area (Å²) in [6.07, 6.45) is 0. The van der Waals surface area contributed by atoms with Crippen LogP contribution in [0.5, 0.6) is 0 Å². The zero-order chi connectivity index (χ0) is 10.9. The first-order chi connectivity index (χ1) is 7.13. The molecule has 0 bridgehead atoms. The topological polar surface area (TPSA) is 44.5 Å². The number of aryl methyl sites for hydroxylation is 1. The van der Waals surface area contributed by atoms with Crippen LogP contribution in [0.3, 0.4) is 0 Å². The molecule has 1 aromatic carbocycles. The fraction of sp³-hybridized carbons (Fsp3) is 0.500. The lowest BCUT2D eigenvalue weighted by Crippen LogP contribution is -2.39. The predicted molar refractivity (Wildman–Crippen MR) is 58.2 cm³/mol. The molecule has 1 heterocycles. The summed E-state index contributed by atoms with van der Waals surface area (Å²) in [6, 6.07) is 6.32. The second-order valence-electron chi connectivity index (χ2n) is 4.19. The number of rotatable bonds is 1. The van der Waals surface area contributed by atoms with Gasteiger partial charge < -0.3 is 15.2 Å². The van der Waals surface area contributed by atoms with Gasteiger partial charge in [0.2, 0.25) is 0 Å². The van der Waals surface area contributed by atoms with Crippen LogP contribution in [-0.4, -0.2) is 12.3 Å². The minimum atomic E-state index is -0.646. The summed E-state index contributed by atoms with van der Waals surface area (Å²) in [5.41, 5.74) is 9.26. The van der Waals surface area contributed by atoms with E-state index < -0.39 is 5.79 Å². The van der Waals surface area contributed by atoms with E-state index in [4.69, 9.17) is 15.2 Å². The molecule has 2 rings (SSSR count). The van der Waals surface area contributed by atoms with E-state index in [1.54, 1.807) is 0 Å². The molecule has 2 N–H and O–H groups in total. The highest BCUT2D eigenvalue weighted by Crippen LogP contribution is 2.24. The Labute approximate surface area is 90.2 Å². The smallest absolute Gasteiger partial charge is 0.178 e. The molecule has 0 fully saturated rings. The van der Waals surface area contributed by atoms with E-state index in [-0.39, 0.29) is 0 Å². The van der Waals surface area contributed by atoms with E-state index in [0.29, 0.717) is 19.8 Å². The van der Waals surface area contributed by atoms with Crippen LogP contribution in [0.2, 0.25) is 0 Å². The average Bonchev–Trinajstić information content (AvgIpc) is 2.40. The second-order valence-corrected chi connectivity index (χ2v) is 4.19. The summed E-state index contributed by atoms with van der Waals surface area (Å²) >= 11 is 0. The van der Waals surface area contributed by atoms with Crippen molar-refractivity contribution in [2.24, 2.45) is 5.73 Å². The summed E-state index contributed by atoms with van der Waals surface area (Å²) in [7, 11) is 0. The van der Waals surface area contributed by atoms with Crippen molar-refractivity contribution < 1.29 is 9.47 Å². The first kappa shape index (κ1) is 10.6. The highest BCUT2D eigenvalue weighted by atomic mass is 16.7. The van der Waals surface area contributed by atoms with Gasteiger partial charge in [0, 0.05) is 6.54 Å². The predicted octanol–water partition coefficient (Wildman–Crippen LogP) is 1.72. The maximum Gasteiger partial charge on any atom is 0.178 e. The summed E-state index contributed by atoms with van der Waals surface area (Å²) in [4.78, 5) is 0. The fourth-order valence-electron chi connectivity index (χ4n) is 1.65. The molecule has 3 heteroatoms. The van der Waals surface area contributed by atoms with Gasteiger partial charge in [-0.25, -0.2) is 0 Å². The van der Waals surface area contributed by atoms with Gasteiger partial charge in [0.15, 0.2) is 5.79 Å². The highest BCUT2D eigenvalue weighted by Gasteiger charge is 2.27. The van der Waals surface area contributed by atoms with E-state index in [9.17, 15) is 0 Å². The largest absolute Gasteiger partial charge is 0.344 e. The van der Waals surface area contributed by atoms with Crippen molar-refractivity contribution in [1.82, 2.24) is 0 Å². The molecule has 0 spiro atoms. The summed E-state index contributed by atoms with van der Waals surface area (Å²) < 4.78 is 11.3. The first-order valence-corrected chi connectivity index (χ1v) is 5.19. The summed E-state index contributed by atoms with van der Waals surface area (Å²) in [5.74, 6) is -0.646. The molecule has 1 aromatic rings. The van der Waals surface area contributed by atoms with Crippen LogP contribution in [0.15, 0.2) is 18.2 Å². The molecule has 0 radical (unpaired) electrons. The molecule has 3 nitrogen and oxygen atoms in total. The van der Waals surface area contributed by atoms with Crippen molar-refractivity contribution in [3.63, 3.8) is 0 Å². The van der Waals surface area contributed by atoms with Crippen LogP contribution in [-0.2, 0) is 22.7 Å². The third-order valence-corrected chi connectivity index (χ3v) is 2.80. The standard InChI is InChI=1S/C12H17NO2/c1-9-3-4-10-6-14-12(2,8-13)15-7-11(10)5-9/h3-5H,6-8,13H2,1-2H3. The zero-order valence-corrected chi connectivity index (χ0v) is 9.25. The van der Waals surface area contributed by atoms with Crippen LogP contribution in [0.25, 0.3) is 0 Å². The SMILES string of the molecule is Cc1ccc2c(c1)COC(C)(CN)OC2. The quantitative estimate of drug-likeness (QED) is 0.762. The van der Waals surface area contributed by atoms with Gasteiger partial charge in [0.1, 0.15) is 0 Å². The van der Waals surface area contributed by atoms with Gasteiger partial charge in [-0.1, -0.05) is 23.8 Å². The van der Waals surface area contributed by atoms with Gasteiger partial charge in [0.05, 0.1) is 13.2 Å². The lowest BCUT2D eigenvalue weighted by molar-refractivity contribution is -0.224. The molecule has 1 aliphatic heterocycles. The van der Waals surface area contributed by atoms with Crippen LogP contribution < -0.4 is 5.73 Å². The monoisotopic (exact) mass is 207 g/mol. The molecule has 0 aliphatic carbocycles. The van der Waals surface area contributed by atoms with E-state index in [0.717, 1.165) is 0 Å². The third kappa shape index (κ3) is 2.20. The maximum atomic E-state index is 5.67. The van der Waals surface area contributed by atoms with Gasteiger partial charge in [-0.15, -0.1) is 0 Å². The molecule has 1 aliphatic rings. The van der Waals surface area contributed by atoms with Crippen molar-refractivity contribution in [3.8, 4) is 0 Å². The van der Waals surface area contributed by atoms with E-state index in [1.165, 1.54) is 16.7 Å². The number of hydrogen-bond acceptors (Lipinski definition) is 3. The number of nitrogens with two attached hydrogens (primary N) is 1. The molecular weight excluding hydrogens is 190 g/mol. The van der Waals surface area contributed by atoms with Crippen LogP contribution >= 0.6 is 0 Å². The van der Waals surface area contributed by atoms with Crippen molar-refractivity contribution in [3.05, 3.63) is 34.9 Å². The van der Waals surface area contributed by atoms with Gasteiger partial charge in [-0.3, -0.25) is 0 Å². The highest BCUT2D eigenvalue weighted by molar-refractivity contribution is 5.31. The molecule has 1 atom stereocenters. The van der Waals surface area contributed by atoms with Gasteiger partial charge in [-0.05, 0) is 25.0 Å². The Morgan fingerprint density at radius 3 is 2.60 bits per heavy atom. The Kier molecular flexibility index (Phi) is 2.78. The average molecular weight is 207 g/mol. The molecule has 82 valence electrons. The number of ether oxygens (including phenoxy) is 2. The van der Waals surface area contributed by atoms with E-state index in [2.05, 4.69) is 25.1 Å². The Morgan fingerprint density at radius 2 is 1.93 bits per heavy atom. The second kappa shape index (κ2) is 3.93. The molecule has 0 saturated carbocycles. The molecule has 0 amide bonds. The van der Waals surface area contributed by atoms with Crippen LogP contribution in [0.1, 0.15) is 23.6 Å². The van der Waals surface area contributed by atoms with Gasteiger partial charge >= 0.3 is 0 Å². The molecule has 0 aromatic heterocycles. The fourth-order valence-corrected chi connectivity index (χ4v) is 1.65. The van der Waals surface area contributed by atoms with E-state index >= 15 is 0 Å². The Morgan fingerprint density at radius 1 is 1.27 bits per heavy atom. The lowest BCUT2D eigenvalue weighted by Gasteiger charge is -2.25. The lowest BCUT2D eigenvalue weighted by atomic mass is 10.1. The molecule has 1 unspecified atom stereocenters. The van der Waals surface area contributed by atoms with Gasteiger partial charge in [0.25, 0.3) is 0 Å². The van der Waals surface area contributed by atoms with Crippen LogP contribution in [0, 0.1) is 6.92 Å².